The van der Waals surface area contributed by atoms with Crippen molar-refractivity contribution in [2.75, 3.05) is 13.7 Å². The number of hydrogen-bond donors (Lipinski definition) is 2. The van der Waals surface area contributed by atoms with E-state index in [1.165, 1.54) is 32.1 Å². The highest BCUT2D eigenvalue weighted by Crippen LogP contribution is 2.49. The molecule has 2 saturated carbocycles. The minimum Gasteiger partial charge on any atom is -0.385 e. The number of methoxy groups -OCH3 is 1. The Labute approximate surface area is 92.7 Å². The molecule has 4 unspecified atom stereocenters. The average molecular weight is 212 g/mol. The maximum absolute atomic E-state index is 5.58. The fourth-order valence-corrected chi connectivity index (χ4v) is 3.56. The molecule has 3 heteroatoms. The van der Waals surface area contributed by atoms with Crippen LogP contribution in [0.2, 0.25) is 0 Å². The number of nitrogens with two attached hydrogens (primary N) is 1. The summed E-state index contributed by atoms with van der Waals surface area (Å²) in [4.78, 5) is 0. The Bertz CT molecular complexity index is 198. The summed E-state index contributed by atoms with van der Waals surface area (Å²) in [7, 11) is 1.76. The van der Waals surface area contributed by atoms with Crippen LogP contribution in [0.25, 0.3) is 0 Å². The molecule has 2 bridgehead atoms. The summed E-state index contributed by atoms with van der Waals surface area (Å²) in [6.45, 7) is 0.815. The monoisotopic (exact) mass is 212 g/mol. The standard InChI is InChI=1S/C12H24N2O/c1-15-5-4-12(14-13)8-11-7-9-2-3-10(11)6-9/h9-12,14H,2-8,13H2,1H3. The predicted octanol–water partition coefficient (Wildman–Crippen LogP) is 1.68. The van der Waals surface area contributed by atoms with Gasteiger partial charge in [-0.15, -0.1) is 0 Å². The van der Waals surface area contributed by atoms with Crippen LogP contribution in [0.3, 0.4) is 0 Å². The Balaban J connectivity index is 1.74. The van der Waals surface area contributed by atoms with Crippen LogP contribution in [0.15, 0.2) is 0 Å². The van der Waals surface area contributed by atoms with Crippen molar-refractivity contribution in [3.05, 3.63) is 0 Å². The zero-order valence-corrected chi connectivity index (χ0v) is 9.74. The number of ether oxygens (including phenoxy) is 1. The van der Waals surface area contributed by atoms with Crippen LogP contribution in [0.4, 0.5) is 0 Å². The van der Waals surface area contributed by atoms with Crippen LogP contribution in [0, 0.1) is 17.8 Å². The number of hydrogen-bond acceptors (Lipinski definition) is 3. The minimum absolute atomic E-state index is 0.453. The van der Waals surface area contributed by atoms with E-state index >= 15 is 0 Å². The van der Waals surface area contributed by atoms with Crippen LogP contribution >= 0.6 is 0 Å². The molecule has 0 amide bonds. The molecule has 0 aromatic carbocycles. The first kappa shape index (κ1) is 11.4. The van der Waals surface area contributed by atoms with Gasteiger partial charge < -0.3 is 4.74 Å². The van der Waals surface area contributed by atoms with Crippen molar-refractivity contribution in [2.24, 2.45) is 23.6 Å². The van der Waals surface area contributed by atoms with Gasteiger partial charge in [0, 0.05) is 19.8 Å². The van der Waals surface area contributed by atoms with Crippen LogP contribution in [0.1, 0.15) is 38.5 Å². The molecule has 4 atom stereocenters. The zero-order chi connectivity index (χ0) is 10.7. The van der Waals surface area contributed by atoms with Gasteiger partial charge in [-0.25, -0.2) is 0 Å². The van der Waals surface area contributed by atoms with Crippen molar-refractivity contribution in [2.45, 2.75) is 44.6 Å². The lowest BCUT2D eigenvalue weighted by Crippen LogP contribution is -2.38. The Hall–Kier alpha value is -0.120. The van der Waals surface area contributed by atoms with Crippen LogP contribution in [0.5, 0.6) is 0 Å². The summed E-state index contributed by atoms with van der Waals surface area (Å²) in [6, 6.07) is 0.453. The van der Waals surface area contributed by atoms with Gasteiger partial charge in [0.15, 0.2) is 0 Å². The van der Waals surface area contributed by atoms with E-state index in [0.717, 1.165) is 30.8 Å². The first-order chi connectivity index (χ1) is 7.33. The van der Waals surface area contributed by atoms with E-state index in [4.69, 9.17) is 10.6 Å². The molecule has 3 N–H and O–H groups in total. The molecular formula is C12H24N2O. The molecule has 0 spiro atoms. The second-order valence-corrected chi connectivity index (χ2v) is 5.32. The van der Waals surface area contributed by atoms with E-state index in [9.17, 15) is 0 Å². The summed E-state index contributed by atoms with van der Waals surface area (Å²) < 4.78 is 5.11. The maximum atomic E-state index is 5.58. The summed E-state index contributed by atoms with van der Waals surface area (Å²) in [5.41, 5.74) is 2.94. The molecule has 3 nitrogen and oxygen atoms in total. The summed E-state index contributed by atoms with van der Waals surface area (Å²) in [6.07, 6.45) is 8.20. The van der Waals surface area contributed by atoms with E-state index in [0.29, 0.717) is 6.04 Å². The van der Waals surface area contributed by atoms with E-state index in [1.807, 2.05) is 0 Å². The molecule has 2 aliphatic carbocycles. The van der Waals surface area contributed by atoms with Crippen molar-refractivity contribution in [3.63, 3.8) is 0 Å². The molecule has 15 heavy (non-hydrogen) atoms. The molecule has 0 saturated heterocycles. The maximum Gasteiger partial charge on any atom is 0.0477 e. The molecule has 2 fully saturated rings. The molecule has 0 radical (unpaired) electrons. The largest absolute Gasteiger partial charge is 0.385 e. The zero-order valence-electron chi connectivity index (χ0n) is 9.74. The van der Waals surface area contributed by atoms with Crippen molar-refractivity contribution in [1.82, 2.24) is 5.43 Å². The van der Waals surface area contributed by atoms with Crippen LogP contribution in [-0.4, -0.2) is 19.8 Å². The number of fused-ring (bicyclic) bond motifs is 2. The number of hydrazine groups is 1. The second kappa shape index (κ2) is 5.28. The SMILES string of the molecule is COCCC(CC1CC2CCC1C2)NN. The Morgan fingerprint density at radius 2 is 2.27 bits per heavy atom. The van der Waals surface area contributed by atoms with Gasteiger partial charge in [0.05, 0.1) is 0 Å². The van der Waals surface area contributed by atoms with Gasteiger partial charge in [-0.05, 0) is 49.9 Å². The fourth-order valence-electron chi connectivity index (χ4n) is 3.56. The molecule has 88 valence electrons. The highest BCUT2D eigenvalue weighted by Gasteiger charge is 2.39. The third kappa shape index (κ3) is 2.71. The predicted molar refractivity (Wildman–Crippen MR) is 61.2 cm³/mol. The minimum atomic E-state index is 0.453. The lowest BCUT2D eigenvalue weighted by molar-refractivity contribution is 0.171. The van der Waals surface area contributed by atoms with Crippen LogP contribution in [-0.2, 0) is 4.74 Å². The normalized spacial score (nSPS) is 36.0. The van der Waals surface area contributed by atoms with Crippen molar-refractivity contribution >= 4 is 0 Å². The Kier molecular flexibility index (Phi) is 4.00. The number of rotatable bonds is 6. The van der Waals surface area contributed by atoms with Gasteiger partial charge in [0.25, 0.3) is 0 Å². The quantitative estimate of drug-likeness (QED) is 0.520. The molecule has 0 aromatic rings. The molecule has 0 heterocycles. The third-order valence-electron chi connectivity index (χ3n) is 4.38. The fraction of sp³-hybridized carbons (Fsp3) is 1.00. The topological polar surface area (TPSA) is 47.3 Å². The molecular weight excluding hydrogens is 188 g/mol. The summed E-state index contributed by atoms with van der Waals surface area (Å²) in [5, 5.41) is 0. The van der Waals surface area contributed by atoms with E-state index in [2.05, 4.69) is 5.43 Å². The first-order valence-corrected chi connectivity index (χ1v) is 6.28. The molecule has 2 rings (SSSR count). The van der Waals surface area contributed by atoms with Crippen LogP contribution < -0.4 is 11.3 Å². The van der Waals surface area contributed by atoms with Crippen molar-refractivity contribution in [1.29, 1.82) is 0 Å². The molecule has 2 aliphatic rings. The lowest BCUT2D eigenvalue weighted by Gasteiger charge is -2.26. The van der Waals surface area contributed by atoms with Gasteiger partial charge in [-0.2, -0.15) is 0 Å². The third-order valence-corrected chi connectivity index (χ3v) is 4.38. The van der Waals surface area contributed by atoms with Gasteiger partial charge in [-0.3, -0.25) is 11.3 Å². The van der Waals surface area contributed by atoms with Crippen molar-refractivity contribution < 1.29 is 4.74 Å². The van der Waals surface area contributed by atoms with Gasteiger partial charge in [0.1, 0.15) is 0 Å². The van der Waals surface area contributed by atoms with Gasteiger partial charge >= 0.3 is 0 Å². The molecule has 0 aromatic heterocycles. The lowest BCUT2D eigenvalue weighted by atomic mass is 9.84. The highest BCUT2D eigenvalue weighted by atomic mass is 16.5. The van der Waals surface area contributed by atoms with E-state index in [1.54, 1.807) is 7.11 Å². The smallest absolute Gasteiger partial charge is 0.0477 e. The second-order valence-electron chi connectivity index (χ2n) is 5.32. The Morgan fingerprint density at radius 3 is 2.80 bits per heavy atom. The van der Waals surface area contributed by atoms with Gasteiger partial charge in [-0.1, -0.05) is 6.42 Å². The average Bonchev–Trinajstić information content (AvgIpc) is 2.85. The Morgan fingerprint density at radius 1 is 1.40 bits per heavy atom. The summed E-state index contributed by atoms with van der Waals surface area (Å²) in [5.74, 6) is 8.57. The number of nitrogens with one attached hydrogen (secondary N) is 1. The van der Waals surface area contributed by atoms with Crippen molar-refractivity contribution in [3.8, 4) is 0 Å². The first-order valence-electron chi connectivity index (χ1n) is 6.28. The summed E-state index contributed by atoms with van der Waals surface area (Å²) >= 11 is 0. The van der Waals surface area contributed by atoms with E-state index < -0.39 is 0 Å². The highest BCUT2D eigenvalue weighted by molar-refractivity contribution is 4.91. The van der Waals surface area contributed by atoms with E-state index in [-0.39, 0.29) is 0 Å². The van der Waals surface area contributed by atoms with Gasteiger partial charge in [0.2, 0.25) is 0 Å². The molecule has 0 aliphatic heterocycles.